The van der Waals surface area contributed by atoms with Crippen molar-refractivity contribution in [3.63, 3.8) is 0 Å². The van der Waals surface area contributed by atoms with E-state index in [0.29, 0.717) is 0 Å². The van der Waals surface area contributed by atoms with Crippen LogP contribution in [0.1, 0.15) is 26.7 Å². The molecule has 0 bridgehead atoms. The van der Waals surface area contributed by atoms with Gasteiger partial charge in [-0.1, -0.05) is 26.7 Å². The fourth-order valence-corrected chi connectivity index (χ4v) is 0. The second-order valence-corrected chi connectivity index (χ2v) is 1.000. The van der Waals surface area contributed by atoms with Gasteiger partial charge >= 0.3 is 0 Å². The highest BCUT2D eigenvalue weighted by Crippen LogP contribution is 1.76. The first-order chi connectivity index (χ1) is 2.91. The predicted molar refractivity (Wildman–Crippen MR) is 32.5 cm³/mol. The second-order valence-electron chi connectivity index (χ2n) is 1.000. The lowest BCUT2D eigenvalue weighted by molar-refractivity contribution is 0.664. The molecule has 0 heterocycles. The van der Waals surface area contributed by atoms with E-state index in [9.17, 15) is 0 Å². The zero-order valence-corrected chi connectivity index (χ0v) is 5.59. The van der Waals surface area contributed by atoms with Crippen molar-refractivity contribution in [3.8, 4) is 0 Å². The normalized spacial score (nSPS) is 6.00. The Kier molecular flexibility index (Phi) is 29.2. The Balaban J connectivity index is 0. The van der Waals surface area contributed by atoms with Crippen molar-refractivity contribution >= 4 is 9.47 Å². The van der Waals surface area contributed by atoms with Gasteiger partial charge in [0.05, 0.1) is 0 Å². The SMILES string of the molecule is CCCC.OP. The van der Waals surface area contributed by atoms with Crippen molar-refractivity contribution < 1.29 is 4.89 Å². The Labute approximate surface area is 42.1 Å². The minimum atomic E-state index is 1.32. The first-order valence-electron chi connectivity index (χ1n) is 2.17. The highest BCUT2D eigenvalue weighted by atomic mass is 31.0. The molecule has 0 rings (SSSR count). The highest BCUT2D eigenvalue weighted by molar-refractivity contribution is 7.08. The van der Waals surface area contributed by atoms with Gasteiger partial charge in [0, 0.05) is 0 Å². The first kappa shape index (κ1) is 9.63. The quantitative estimate of drug-likeness (QED) is 0.505. The van der Waals surface area contributed by atoms with Gasteiger partial charge in [-0.15, -0.1) is 0 Å². The van der Waals surface area contributed by atoms with Crippen molar-refractivity contribution in [2.24, 2.45) is 0 Å². The average molecular weight is 108 g/mol. The molecule has 0 aliphatic carbocycles. The van der Waals surface area contributed by atoms with E-state index in [0.717, 1.165) is 0 Å². The van der Waals surface area contributed by atoms with Gasteiger partial charge in [0.25, 0.3) is 0 Å². The molecule has 0 saturated heterocycles. The highest BCUT2D eigenvalue weighted by Gasteiger charge is 1.56. The van der Waals surface area contributed by atoms with Crippen LogP contribution in [-0.4, -0.2) is 4.89 Å². The number of unbranched alkanes of at least 4 members (excludes halogenated alkanes) is 1. The zero-order valence-electron chi connectivity index (χ0n) is 4.44. The van der Waals surface area contributed by atoms with Crippen LogP contribution in [-0.2, 0) is 0 Å². The molecule has 0 aromatic carbocycles. The molecule has 0 spiro atoms. The van der Waals surface area contributed by atoms with Crippen LogP contribution in [0, 0.1) is 0 Å². The van der Waals surface area contributed by atoms with Crippen molar-refractivity contribution in [1.29, 1.82) is 0 Å². The maximum atomic E-state index is 6.92. The number of hydrogen-bond donors (Lipinski definition) is 1. The molecule has 0 aliphatic heterocycles. The van der Waals surface area contributed by atoms with Gasteiger partial charge in [-0.3, -0.25) is 0 Å². The fraction of sp³-hybridized carbons (Fsp3) is 1.00. The zero-order chi connectivity index (χ0) is 5.41. The van der Waals surface area contributed by atoms with Gasteiger partial charge in [0.2, 0.25) is 0 Å². The molecule has 1 nitrogen and oxygen atoms in total. The van der Waals surface area contributed by atoms with Crippen molar-refractivity contribution in [3.05, 3.63) is 0 Å². The third kappa shape index (κ3) is 26.1. The molecular formula is C4H13OP. The van der Waals surface area contributed by atoms with Crippen LogP contribution in [0.3, 0.4) is 0 Å². The number of hydrogen-bond acceptors (Lipinski definition) is 1. The van der Waals surface area contributed by atoms with Gasteiger partial charge < -0.3 is 4.89 Å². The fourth-order valence-electron chi connectivity index (χ4n) is 0. The summed E-state index contributed by atoms with van der Waals surface area (Å²) in [5.74, 6) is 0. The Bertz CT molecular complexity index is 9.51. The molecule has 0 aliphatic rings. The summed E-state index contributed by atoms with van der Waals surface area (Å²) in [6, 6.07) is 0. The summed E-state index contributed by atoms with van der Waals surface area (Å²) in [4.78, 5) is 6.92. The van der Waals surface area contributed by atoms with E-state index in [2.05, 4.69) is 13.8 Å². The summed E-state index contributed by atoms with van der Waals surface area (Å²) in [7, 11) is 1.42. The Morgan fingerprint density at radius 1 is 1.17 bits per heavy atom. The molecule has 2 heteroatoms. The molecule has 0 aromatic rings. The third-order valence-electron chi connectivity index (χ3n) is 0.500. The molecule has 0 saturated carbocycles. The predicted octanol–water partition coefficient (Wildman–Crippen LogP) is 1.58. The van der Waals surface area contributed by atoms with E-state index >= 15 is 0 Å². The van der Waals surface area contributed by atoms with E-state index < -0.39 is 0 Å². The molecule has 1 atom stereocenters. The Hall–Kier alpha value is 0.390. The van der Waals surface area contributed by atoms with Crippen LogP contribution in [0.15, 0.2) is 0 Å². The molecule has 0 radical (unpaired) electrons. The van der Waals surface area contributed by atoms with Crippen LogP contribution >= 0.6 is 9.47 Å². The lowest BCUT2D eigenvalue weighted by atomic mass is 10.4. The first-order valence-corrected chi connectivity index (χ1v) is 2.69. The smallest absolute Gasteiger partial charge is 0.00391 e. The summed E-state index contributed by atoms with van der Waals surface area (Å²) in [5, 5.41) is 0. The van der Waals surface area contributed by atoms with Gasteiger partial charge in [-0.05, 0) is 9.47 Å². The Morgan fingerprint density at radius 2 is 1.33 bits per heavy atom. The minimum Gasteiger partial charge on any atom is -0.380 e. The summed E-state index contributed by atoms with van der Waals surface area (Å²) in [6.45, 7) is 4.36. The molecular weight excluding hydrogens is 95.0 g/mol. The van der Waals surface area contributed by atoms with Crippen molar-refractivity contribution in [2.45, 2.75) is 26.7 Å². The van der Waals surface area contributed by atoms with Crippen LogP contribution < -0.4 is 0 Å². The van der Waals surface area contributed by atoms with E-state index in [-0.39, 0.29) is 0 Å². The lowest BCUT2D eigenvalue weighted by Crippen LogP contribution is -1.47. The minimum absolute atomic E-state index is 1.32. The van der Waals surface area contributed by atoms with E-state index in [1.165, 1.54) is 22.3 Å². The van der Waals surface area contributed by atoms with Gasteiger partial charge in [0.1, 0.15) is 0 Å². The van der Waals surface area contributed by atoms with Crippen molar-refractivity contribution in [2.75, 3.05) is 0 Å². The largest absolute Gasteiger partial charge is 0.380 e. The van der Waals surface area contributed by atoms with Gasteiger partial charge in [-0.25, -0.2) is 0 Å². The van der Waals surface area contributed by atoms with Crippen LogP contribution in [0.5, 0.6) is 0 Å². The van der Waals surface area contributed by atoms with Crippen LogP contribution in [0.2, 0.25) is 0 Å². The standard InChI is InChI=1S/C4H10.H3OP/c1-3-4-2;1-2/h3-4H2,1-2H3;1H,2H2. The molecule has 0 fully saturated rings. The maximum absolute atomic E-state index is 6.92. The van der Waals surface area contributed by atoms with E-state index in [1.807, 2.05) is 0 Å². The van der Waals surface area contributed by atoms with Crippen LogP contribution in [0.25, 0.3) is 0 Å². The summed E-state index contributed by atoms with van der Waals surface area (Å²) < 4.78 is 0. The third-order valence-corrected chi connectivity index (χ3v) is 0.500. The molecule has 0 amide bonds. The maximum Gasteiger partial charge on any atom is -0.00391 e. The molecule has 1 unspecified atom stereocenters. The average Bonchev–Trinajstić information content (AvgIpc) is 1.72. The summed E-state index contributed by atoms with van der Waals surface area (Å²) >= 11 is 0. The second kappa shape index (κ2) is 18.2. The van der Waals surface area contributed by atoms with E-state index in [4.69, 9.17) is 4.89 Å². The summed E-state index contributed by atoms with van der Waals surface area (Å²) in [5.41, 5.74) is 0. The van der Waals surface area contributed by atoms with Crippen LogP contribution in [0.4, 0.5) is 0 Å². The number of rotatable bonds is 1. The monoisotopic (exact) mass is 108 g/mol. The molecule has 6 heavy (non-hydrogen) atoms. The topological polar surface area (TPSA) is 20.2 Å². The lowest BCUT2D eigenvalue weighted by Gasteiger charge is -1.68. The summed E-state index contributed by atoms with van der Waals surface area (Å²) in [6.07, 6.45) is 2.64. The van der Waals surface area contributed by atoms with Crippen molar-refractivity contribution in [1.82, 2.24) is 0 Å². The molecule has 40 valence electrons. The van der Waals surface area contributed by atoms with E-state index in [1.54, 1.807) is 0 Å². The molecule has 0 aromatic heterocycles. The Morgan fingerprint density at radius 3 is 1.33 bits per heavy atom. The van der Waals surface area contributed by atoms with Gasteiger partial charge in [-0.2, -0.15) is 0 Å². The van der Waals surface area contributed by atoms with Gasteiger partial charge in [0.15, 0.2) is 0 Å². The molecule has 1 N–H and O–H groups in total.